The molecule has 0 spiro atoms. The second-order valence-electron chi connectivity index (χ2n) is 5.14. The van der Waals surface area contributed by atoms with Gasteiger partial charge < -0.3 is 10.2 Å². The topological polar surface area (TPSA) is 41.1 Å². The highest BCUT2D eigenvalue weighted by Gasteiger charge is 2.20. The summed E-state index contributed by atoms with van der Waals surface area (Å²) in [5, 5.41) is 5.57. The van der Waals surface area contributed by atoms with Crippen LogP contribution in [-0.4, -0.2) is 23.1 Å². The van der Waals surface area contributed by atoms with E-state index in [4.69, 9.17) is 0 Å². The summed E-state index contributed by atoms with van der Waals surface area (Å²) in [5.41, 5.74) is 2.60. The van der Waals surface area contributed by atoms with Crippen LogP contribution in [0.1, 0.15) is 29.3 Å². The summed E-state index contributed by atoms with van der Waals surface area (Å²) in [6.45, 7) is 7.22. The van der Waals surface area contributed by atoms with Gasteiger partial charge in [-0.25, -0.2) is 9.97 Å². The fourth-order valence-electron chi connectivity index (χ4n) is 2.61. The van der Waals surface area contributed by atoms with Crippen LogP contribution in [0, 0.1) is 6.92 Å². The Hall–Kier alpha value is -1.62. The first-order valence-corrected chi connectivity index (χ1v) is 8.03. The Morgan fingerprint density at radius 1 is 1.40 bits per heavy atom. The van der Waals surface area contributed by atoms with Crippen molar-refractivity contribution in [2.75, 3.05) is 23.3 Å². The van der Waals surface area contributed by atoms with Gasteiger partial charge in [0.05, 0.1) is 0 Å². The Labute approximate surface area is 123 Å². The van der Waals surface area contributed by atoms with Crippen LogP contribution >= 0.6 is 11.3 Å². The smallest absolute Gasteiger partial charge is 0.137 e. The van der Waals surface area contributed by atoms with Gasteiger partial charge in [-0.2, -0.15) is 0 Å². The van der Waals surface area contributed by atoms with Crippen molar-refractivity contribution in [1.29, 1.82) is 0 Å². The molecular weight excluding hydrogens is 268 g/mol. The third-order valence-corrected chi connectivity index (χ3v) is 4.73. The van der Waals surface area contributed by atoms with E-state index in [-0.39, 0.29) is 0 Å². The Kier molecular flexibility index (Phi) is 3.87. The van der Waals surface area contributed by atoms with Gasteiger partial charge in [0.1, 0.15) is 18.0 Å². The maximum Gasteiger partial charge on any atom is 0.137 e. The Morgan fingerprint density at radius 3 is 3.15 bits per heavy atom. The van der Waals surface area contributed by atoms with Crippen molar-refractivity contribution >= 4 is 23.0 Å². The van der Waals surface area contributed by atoms with Crippen LogP contribution in [0.3, 0.4) is 0 Å². The van der Waals surface area contributed by atoms with E-state index in [9.17, 15) is 0 Å². The third-order valence-electron chi connectivity index (χ3n) is 3.71. The van der Waals surface area contributed by atoms with E-state index < -0.39 is 0 Å². The lowest BCUT2D eigenvalue weighted by Gasteiger charge is -2.29. The summed E-state index contributed by atoms with van der Waals surface area (Å²) in [6, 6.07) is 2.24. The highest BCUT2D eigenvalue weighted by atomic mass is 32.1. The number of hydrogen-bond donors (Lipinski definition) is 1. The lowest BCUT2D eigenvalue weighted by atomic mass is 10.1. The monoisotopic (exact) mass is 288 g/mol. The van der Waals surface area contributed by atoms with E-state index in [2.05, 4.69) is 45.5 Å². The van der Waals surface area contributed by atoms with E-state index in [0.29, 0.717) is 0 Å². The van der Waals surface area contributed by atoms with Gasteiger partial charge in [0.25, 0.3) is 0 Å². The molecule has 2 aromatic heterocycles. The fourth-order valence-corrected chi connectivity index (χ4v) is 3.50. The van der Waals surface area contributed by atoms with Gasteiger partial charge in [-0.05, 0) is 36.8 Å². The Bertz CT molecular complexity index is 593. The summed E-state index contributed by atoms with van der Waals surface area (Å²) in [7, 11) is 0. The first-order chi connectivity index (χ1) is 9.79. The van der Waals surface area contributed by atoms with Gasteiger partial charge in [0.15, 0.2) is 0 Å². The lowest BCUT2D eigenvalue weighted by Crippen LogP contribution is -2.31. The standard InChI is InChI=1S/C15H20N4S/c1-3-6-16-14-11(2)15(18-10-17-14)19-7-4-13-12(9-19)5-8-20-13/h5,8,10H,3-4,6-7,9H2,1-2H3,(H,16,17,18). The van der Waals surface area contributed by atoms with Crippen molar-refractivity contribution in [3.63, 3.8) is 0 Å². The van der Waals surface area contributed by atoms with Crippen molar-refractivity contribution in [3.8, 4) is 0 Å². The van der Waals surface area contributed by atoms with Crippen molar-refractivity contribution < 1.29 is 0 Å². The number of rotatable bonds is 4. The molecule has 0 atom stereocenters. The molecule has 1 N–H and O–H groups in total. The van der Waals surface area contributed by atoms with Gasteiger partial charge in [-0.1, -0.05) is 6.92 Å². The average Bonchev–Trinajstić information content (AvgIpc) is 2.93. The fraction of sp³-hybridized carbons (Fsp3) is 0.467. The quantitative estimate of drug-likeness (QED) is 0.938. The Morgan fingerprint density at radius 2 is 2.30 bits per heavy atom. The van der Waals surface area contributed by atoms with E-state index in [0.717, 1.165) is 49.7 Å². The predicted molar refractivity (Wildman–Crippen MR) is 84.6 cm³/mol. The summed E-state index contributed by atoms with van der Waals surface area (Å²) in [4.78, 5) is 12.8. The van der Waals surface area contributed by atoms with E-state index >= 15 is 0 Å². The molecule has 0 saturated carbocycles. The zero-order chi connectivity index (χ0) is 13.9. The largest absolute Gasteiger partial charge is 0.370 e. The van der Waals surface area contributed by atoms with E-state index in [1.165, 1.54) is 10.4 Å². The van der Waals surface area contributed by atoms with Gasteiger partial charge in [0.2, 0.25) is 0 Å². The van der Waals surface area contributed by atoms with Crippen molar-refractivity contribution in [1.82, 2.24) is 9.97 Å². The molecule has 0 saturated heterocycles. The first-order valence-electron chi connectivity index (χ1n) is 7.15. The SMILES string of the molecule is CCCNc1ncnc(N2CCc3sccc3C2)c1C. The van der Waals surface area contributed by atoms with Crippen molar-refractivity contribution in [2.24, 2.45) is 0 Å². The summed E-state index contributed by atoms with van der Waals surface area (Å²) in [5.74, 6) is 2.03. The molecule has 0 bridgehead atoms. The summed E-state index contributed by atoms with van der Waals surface area (Å²) >= 11 is 1.87. The molecule has 4 nitrogen and oxygen atoms in total. The lowest BCUT2D eigenvalue weighted by molar-refractivity contribution is 0.727. The molecule has 0 fully saturated rings. The van der Waals surface area contributed by atoms with E-state index in [1.54, 1.807) is 6.33 Å². The molecule has 3 heterocycles. The van der Waals surface area contributed by atoms with Crippen LogP contribution in [-0.2, 0) is 13.0 Å². The third kappa shape index (κ3) is 2.50. The molecule has 20 heavy (non-hydrogen) atoms. The zero-order valence-corrected chi connectivity index (χ0v) is 12.8. The highest BCUT2D eigenvalue weighted by Crippen LogP contribution is 2.29. The van der Waals surface area contributed by atoms with Crippen LogP contribution in [0.5, 0.6) is 0 Å². The number of anilines is 2. The molecule has 3 rings (SSSR count). The van der Waals surface area contributed by atoms with Crippen molar-refractivity contribution in [2.45, 2.75) is 33.2 Å². The molecule has 106 valence electrons. The normalized spacial score (nSPS) is 14.2. The first kappa shape index (κ1) is 13.4. The minimum absolute atomic E-state index is 0.950. The second kappa shape index (κ2) is 5.79. The number of thiophene rings is 1. The van der Waals surface area contributed by atoms with Crippen LogP contribution in [0.15, 0.2) is 17.8 Å². The van der Waals surface area contributed by atoms with Crippen LogP contribution in [0.2, 0.25) is 0 Å². The second-order valence-corrected chi connectivity index (χ2v) is 6.14. The van der Waals surface area contributed by atoms with Gasteiger partial charge in [-0.15, -0.1) is 11.3 Å². The minimum atomic E-state index is 0.950. The number of nitrogens with one attached hydrogen (secondary N) is 1. The number of hydrogen-bond acceptors (Lipinski definition) is 5. The van der Waals surface area contributed by atoms with Crippen LogP contribution in [0.25, 0.3) is 0 Å². The van der Waals surface area contributed by atoms with Crippen molar-refractivity contribution in [3.05, 3.63) is 33.8 Å². The molecule has 0 unspecified atom stereocenters. The van der Waals surface area contributed by atoms with Crippen LogP contribution in [0.4, 0.5) is 11.6 Å². The molecule has 0 amide bonds. The zero-order valence-electron chi connectivity index (χ0n) is 12.0. The maximum absolute atomic E-state index is 4.51. The molecule has 0 aromatic carbocycles. The molecule has 0 aliphatic carbocycles. The maximum atomic E-state index is 4.51. The van der Waals surface area contributed by atoms with Gasteiger partial charge in [0, 0.05) is 30.1 Å². The number of fused-ring (bicyclic) bond motifs is 1. The summed E-state index contributed by atoms with van der Waals surface area (Å²) in [6.07, 6.45) is 3.89. The Balaban J connectivity index is 1.84. The summed E-state index contributed by atoms with van der Waals surface area (Å²) < 4.78 is 0. The van der Waals surface area contributed by atoms with Gasteiger partial charge in [-0.3, -0.25) is 0 Å². The van der Waals surface area contributed by atoms with Crippen LogP contribution < -0.4 is 10.2 Å². The number of nitrogens with zero attached hydrogens (tertiary/aromatic N) is 3. The molecule has 1 aliphatic heterocycles. The van der Waals surface area contributed by atoms with E-state index in [1.807, 2.05) is 11.3 Å². The molecule has 2 aromatic rings. The highest BCUT2D eigenvalue weighted by molar-refractivity contribution is 7.10. The number of aromatic nitrogens is 2. The predicted octanol–water partition coefficient (Wildman–Crippen LogP) is 3.23. The molecule has 0 radical (unpaired) electrons. The average molecular weight is 288 g/mol. The van der Waals surface area contributed by atoms with Gasteiger partial charge >= 0.3 is 0 Å². The molecule has 1 aliphatic rings. The molecular formula is C15H20N4S. The minimum Gasteiger partial charge on any atom is -0.370 e. The molecule has 5 heteroatoms.